The van der Waals surface area contributed by atoms with Gasteiger partial charge in [0, 0.05) is 31.1 Å². The average Bonchev–Trinajstić information content (AvgIpc) is 3.14. The van der Waals surface area contributed by atoms with Gasteiger partial charge in [-0.25, -0.2) is 13.1 Å². The number of hydrogen-bond acceptors (Lipinski definition) is 5. The topological polar surface area (TPSA) is 102 Å². The standard InChI is InChI=1S/C20H24N4O4S/c1-3-28-18-10-9-15(20(25)21-2)13-19(18)29(26,27)23-11-6-12-24-17-8-5-4-7-16(17)14-22-24/h4-5,7-10,13-14,23H,3,6,11-12H2,1-2H3,(H,21,25). The van der Waals surface area contributed by atoms with Crippen LogP contribution in [0.2, 0.25) is 0 Å². The van der Waals surface area contributed by atoms with Crippen molar-refractivity contribution in [2.75, 3.05) is 20.2 Å². The van der Waals surface area contributed by atoms with Gasteiger partial charge in [-0.15, -0.1) is 0 Å². The molecular weight excluding hydrogens is 392 g/mol. The van der Waals surface area contributed by atoms with Crippen molar-refractivity contribution in [3.8, 4) is 5.75 Å². The lowest BCUT2D eigenvalue weighted by Crippen LogP contribution is -2.27. The van der Waals surface area contributed by atoms with Gasteiger partial charge in [-0.2, -0.15) is 5.10 Å². The highest BCUT2D eigenvalue weighted by Crippen LogP contribution is 2.25. The van der Waals surface area contributed by atoms with Gasteiger partial charge in [0.15, 0.2) is 0 Å². The third-order valence-electron chi connectivity index (χ3n) is 4.41. The van der Waals surface area contributed by atoms with Gasteiger partial charge in [0.25, 0.3) is 5.91 Å². The second-order valence-electron chi connectivity index (χ2n) is 6.35. The van der Waals surface area contributed by atoms with E-state index in [4.69, 9.17) is 4.74 Å². The molecule has 3 rings (SSSR count). The summed E-state index contributed by atoms with van der Waals surface area (Å²) in [4.78, 5) is 11.8. The summed E-state index contributed by atoms with van der Waals surface area (Å²) in [7, 11) is -2.36. The molecule has 2 aromatic carbocycles. The molecule has 0 atom stereocenters. The number of carbonyl (C=O) groups is 1. The molecule has 0 saturated carbocycles. The second-order valence-corrected chi connectivity index (χ2v) is 8.09. The molecule has 0 aliphatic heterocycles. The summed E-state index contributed by atoms with van der Waals surface area (Å²) in [5, 5.41) is 7.87. The molecule has 2 N–H and O–H groups in total. The summed E-state index contributed by atoms with van der Waals surface area (Å²) in [6.45, 7) is 2.89. The number of nitrogens with one attached hydrogen (secondary N) is 2. The number of sulfonamides is 1. The zero-order valence-corrected chi connectivity index (χ0v) is 17.2. The zero-order valence-electron chi connectivity index (χ0n) is 16.4. The smallest absolute Gasteiger partial charge is 0.251 e. The molecule has 0 spiro atoms. The minimum absolute atomic E-state index is 0.0509. The van der Waals surface area contributed by atoms with Crippen LogP contribution >= 0.6 is 0 Å². The normalized spacial score (nSPS) is 11.5. The first-order chi connectivity index (χ1) is 14.0. The van der Waals surface area contributed by atoms with E-state index in [1.54, 1.807) is 13.1 Å². The van der Waals surface area contributed by atoms with Gasteiger partial charge in [0.1, 0.15) is 10.6 Å². The number of ether oxygens (including phenoxy) is 1. The second kappa shape index (κ2) is 9.06. The summed E-state index contributed by atoms with van der Waals surface area (Å²) >= 11 is 0. The first-order valence-corrected chi connectivity index (χ1v) is 10.8. The van der Waals surface area contributed by atoms with Gasteiger partial charge in [-0.05, 0) is 37.6 Å². The van der Waals surface area contributed by atoms with Gasteiger partial charge in [-0.1, -0.05) is 18.2 Å². The predicted molar refractivity (Wildman–Crippen MR) is 111 cm³/mol. The first-order valence-electron chi connectivity index (χ1n) is 9.35. The molecule has 0 aliphatic carbocycles. The third kappa shape index (κ3) is 4.75. The fourth-order valence-electron chi connectivity index (χ4n) is 3.00. The molecule has 1 aromatic heterocycles. The summed E-state index contributed by atoms with van der Waals surface area (Å²) < 4.78 is 35.5. The summed E-state index contributed by atoms with van der Waals surface area (Å²) in [5.74, 6) is -0.152. The zero-order chi connectivity index (χ0) is 20.9. The van der Waals surface area contributed by atoms with E-state index in [0.717, 1.165) is 10.9 Å². The number of fused-ring (bicyclic) bond motifs is 1. The number of aryl methyl sites for hydroxylation is 1. The van der Waals surface area contributed by atoms with Gasteiger partial charge in [0.05, 0.1) is 18.3 Å². The number of rotatable bonds is 9. The highest BCUT2D eigenvalue weighted by atomic mass is 32.2. The summed E-state index contributed by atoms with van der Waals surface area (Å²) in [6, 6.07) is 12.2. The molecule has 29 heavy (non-hydrogen) atoms. The minimum atomic E-state index is -3.85. The molecule has 1 heterocycles. The Morgan fingerprint density at radius 2 is 2.00 bits per heavy atom. The molecule has 0 saturated heterocycles. The maximum atomic E-state index is 12.8. The van der Waals surface area contributed by atoms with E-state index in [2.05, 4.69) is 15.1 Å². The van der Waals surface area contributed by atoms with Crippen LogP contribution in [0.15, 0.2) is 53.6 Å². The Balaban J connectivity index is 1.70. The maximum Gasteiger partial charge on any atom is 0.251 e. The van der Waals surface area contributed by atoms with Crippen LogP contribution in [0.5, 0.6) is 5.75 Å². The van der Waals surface area contributed by atoms with Gasteiger partial charge in [-0.3, -0.25) is 9.48 Å². The molecule has 8 nitrogen and oxygen atoms in total. The lowest BCUT2D eigenvalue weighted by atomic mass is 10.2. The average molecular weight is 417 g/mol. The Kier molecular flexibility index (Phi) is 6.50. The van der Waals surface area contributed by atoms with Crippen LogP contribution in [0.3, 0.4) is 0 Å². The quantitative estimate of drug-likeness (QED) is 0.521. The highest BCUT2D eigenvalue weighted by molar-refractivity contribution is 7.89. The minimum Gasteiger partial charge on any atom is -0.492 e. The van der Waals surface area contributed by atoms with E-state index >= 15 is 0 Å². The van der Waals surface area contributed by atoms with E-state index in [1.807, 2.05) is 28.9 Å². The SMILES string of the molecule is CCOc1ccc(C(=O)NC)cc1S(=O)(=O)NCCCn1ncc2ccccc21. The number of nitrogens with zero attached hydrogens (tertiary/aromatic N) is 2. The van der Waals surface area contributed by atoms with E-state index < -0.39 is 10.0 Å². The number of benzene rings is 2. The number of aromatic nitrogens is 2. The van der Waals surface area contributed by atoms with Crippen molar-refractivity contribution in [2.24, 2.45) is 0 Å². The summed E-state index contributed by atoms with van der Waals surface area (Å²) in [5.41, 5.74) is 1.26. The van der Waals surface area contributed by atoms with Crippen molar-refractivity contribution in [1.29, 1.82) is 0 Å². The van der Waals surface area contributed by atoms with Crippen molar-refractivity contribution in [3.05, 3.63) is 54.2 Å². The molecule has 0 bridgehead atoms. The van der Waals surface area contributed by atoms with Crippen LogP contribution < -0.4 is 14.8 Å². The molecule has 9 heteroatoms. The van der Waals surface area contributed by atoms with Crippen LogP contribution in [-0.4, -0.2) is 44.3 Å². The Bertz CT molecular complexity index is 1110. The fourth-order valence-corrected chi connectivity index (χ4v) is 4.24. The molecule has 0 fully saturated rings. The van der Waals surface area contributed by atoms with Crippen molar-refractivity contribution in [3.63, 3.8) is 0 Å². The van der Waals surface area contributed by atoms with Crippen molar-refractivity contribution in [2.45, 2.75) is 24.8 Å². The largest absolute Gasteiger partial charge is 0.492 e. The van der Waals surface area contributed by atoms with Crippen LogP contribution in [0.1, 0.15) is 23.7 Å². The number of carbonyl (C=O) groups excluding carboxylic acids is 1. The first kappa shape index (κ1) is 20.8. The molecule has 3 aromatic rings. The van der Waals surface area contributed by atoms with Gasteiger partial charge in [0.2, 0.25) is 10.0 Å². The van der Waals surface area contributed by atoms with E-state index in [9.17, 15) is 13.2 Å². The molecule has 154 valence electrons. The number of hydrogen-bond donors (Lipinski definition) is 2. The van der Waals surface area contributed by atoms with Crippen LogP contribution in [0.25, 0.3) is 10.9 Å². The lowest BCUT2D eigenvalue weighted by Gasteiger charge is -2.13. The van der Waals surface area contributed by atoms with Gasteiger partial charge < -0.3 is 10.1 Å². The molecule has 0 radical (unpaired) electrons. The van der Waals surface area contributed by atoms with Crippen LogP contribution in [-0.2, 0) is 16.6 Å². The Morgan fingerprint density at radius 3 is 2.76 bits per heavy atom. The van der Waals surface area contributed by atoms with E-state index in [0.29, 0.717) is 19.6 Å². The van der Waals surface area contributed by atoms with Gasteiger partial charge >= 0.3 is 0 Å². The Hall–Kier alpha value is -2.91. The molecule has 0 aliphatic rings. The number of para-hydroxylation sites is 1. The monoisotopic (exact) mass is 416 g/mol. The van der Waals surface area contributed by atoms with Crippen LogP contribution in [0.4, 0.5) is 0 Å². The van der Waals surface area contributed by atoms with Crippen LogP contribution in [0, 0.1) is 0 Å². The molecular formula is C20H24N4O4S. The number of amides is 1. The lowest BCUT2D eigenvalue weighted by molar-refractivity contribution is 0.0963. The Morgan fingerprint density at radius 1 is 1.21 bits per heavy atom. The Labute approximate surface area is 169 Å². The summed E-state index contributed by atoms with van der Waals surface area (Å²) in [6.07, 6.45) is 2.35. The maximum absolute atomic E-state index is 12.8. The third-order valence-corrected chi connectivity index (χ3v) is 5.89. The fraction of sp³-hybridized carbons (Fsp3) is 0.300. The molecule has 1 amide bonds. The van der Waals surface area contributed by atoms with Crippen molar-refractivity contribution < 1.29 is 17.9 Å². The van der Waals surface area contributed by atoms with Crippen molar-refractivity contribution in [1.82, 2.24) is 19.8 Å². The van der Waals surface area contributed by atoms with E-state index in [-0.39, 0.29) is 28.7 Å². The highest BCUT2D eigenvalue weighted by Gasteiger charge is 2.21. The van der Waals surface area contributed by atoms with Crippen molar-refractivity contribution >= 4 is 26.8 Å². The molecule has 0 unspecified atom stereocenters. The predicted octanol–water partition coefficient (Wildman–Crippen LogP) is 2.16. The van der Waals surface area contributed by atoms with E-state index in [1.165, 1.54) is 25.2 Å².